The topological polar surface area (TPSA) is 110 Å². The van der Waals surface area contributed by atoms with Gasteiger partial charge >= 0.3 is 0 Å². The van der Waals surface area contributed by atoms with E-state index in [4.69, 9.17) is 11.7 Å². The molecular weight excluding hydrogens is 172 g/mol. The molecule has 0 unspecified atom stereocenters. The summed E-state index contributed by atoms with van der Waals surface area (Å²) in [5.74, 6) is 8.22. The van der Waals surface area contributed by atoms with Gasteiger partial charge in [-0.1, -0.05) is 13.8 Å². The van der Waals surface area contributed by atoms with Crippen LogP contribution in [0.1, 0.15) is 20.3 Å². The Balaban J connectivity index is 4.36. The maximum atomic E-state index is 11.1. The van der Waals surface area contributed by atoms with E-state index in [0.717, 1.165) is 0 Å². The third kappa shape index (κ3) is 3.86. The van der Waals surface area contributed by atoms with Gasteiger partial charge in [-0.3, -0.25) is 20.4 Å². The van der Waals surface area contributed by atoms with Gasteiger partial charge in [-0.25, -0.2) is 11.7 Å². The summed E-state index contributed by atoms with van der Waals surface area (Å²) in [6, 6.07) is 0. The summed E-state index contributed by atoms with van der Waals surface area (Å²) in [6.45, 7) is 3.81. The highest BCUT2D eigenvalue weighted by atomic mass is 16.2. The quantitative estimate of drug-likeness (QED) is 0.189. The predicted octanol–water partition coefficient (Wildman–Crippen LogP) is -1.37. The lowest BCUT2D eigenvalue weighted by atomic mass is 9.96. The molecule has 0 aromatic rings. The summed E-state index contributed by atoms with van der Waals surface area (Å²) in [7, 11) is 0. The molecule has 6 N–H and O–H groups in total. The minimum absolute atomic E-state index is 0.222. The average Bonchev–Trinajstić information content (AvgIpc) is 2.11. The van der Waals surface area contributed by atoms with E-state index in [2.05, 4.69) is 0 Å². The second kappa shape index (κ2) is 5.50. The molecule has 0 atom stereocenters. The lowest BCUT2D eigenvalue weighted by molar-refractivity contribution is -0.136. The molecule has 0 spiro atoms. The lowest BCUT2D eigenvalue weighted by Gasteiger charge is -2.14. The van der Waals surface area contributed by atoms with E-state index in [0.29, 0.717) is 6.42 Å². The first-order chi connectivity index (χ1) is 6.02. The Hall–Kier alpha value is -1.14. The number of nitrogens with two attached hydrogens (primary N) is 2. The molecule has 0 aromatic carbocycles. The predicted molar refractivity (Wildman–Crippen MR) is 47.6 cm³/mol. The summed E-state index contributed by atoms with van der Waals surface area (Å²) < 4.78 is 0. The highest BCUT2D eigenvalue weighted by Gasteiger charge is 2.25. The largest absolute Gasteiger partial charge is 0.294 e. The van der Waals surface area contributed by atoms with Crippen LogP contribution in [-0.4, -0.2) is 11.8 Å². The molecule has 76 valence electrons. The van der Waals surface area contributed by atoms with Crippen LogP contribution in [0, 0.1) is 11.8 Å². The van der Waals surface area contributed by atoms with Crippen molar-refractivity contribution in [3.63, 3.8) is 0 Å². The molecule has 13 heavy (non-hydrogen) atoms. The van der Waals surface area contributed by atoms with Crippen LogP contribution < -0.4 is 22.5 Å². The Morgan fingerprint density at radius 2 is 1.54 bits per heavy atom. The maximum absolute atomic E-state index is 11.1. The van der Waals surface area contributed by atoms with E-state index < -0.39 is 17.7 Å². The first-order valence-corrected chi connectivity index (χ1v) is 4.03. The number of rotatable bonds is 4. The third-order valence-corrected chi connectivity index (χ3v) is 1.62. The number of hydrazine groups is 2. The van der Waals surface area contributed by atoms with E-state index in [1.165, 1.54) is 0 Å². The molecule has 0 radical (unpaired) electrons. The molecule has 0 rings (SSSR count). The van der Waals surface area contributed by atoms with Crippen molar-refractivity contribution in [2.24, 2.45) is 23.5 Å². The molecule has 0 aliphatic rings. The third-order valence-electron chi connectivity index (χ3n) is 1.62. The SMILES string of the molecule is CC(C)CC(C(=O)NN)C(=O)NN. The zero-order valence-electron chi connectivity index (χ0n) is 7.83. The summed E-state index contributed by atoms with van der Waals surface area (Å²) >= 11 is 0. The Bertz CT molecular complexity index is 177. The summed E-state index contributed by atoms with van der Waals surface area (Å²) in [6.07, 6.45) is 0.423. The van der Waals surface area contributed by atoms with Crippen molar-refractivity contribution in [2.75, 3.05) is 0 Å². The molecule has 0 aromatic heterocycles. The molecule has 0 heterocycles. The molecule has 0 aliphatic heterocycles. The van der Waals surface area contributed by atoms with E-state index in [1.807, 2.05) is 24.7 Å². The molecular formula is C7H16N4O2. The van der Waals surface area contributed by atoms with Crippen LogP contribution in [0.3, 0.4) is 0 Å². The minimum atomic E-state index is -0.810. The van der Waals surface area contributed by atoms with Crippen molar-refractivity contribution >= 4 is 11.8 Å². The van der Waals surface area contributed by atoms with Crippen LogP contribution in [-0.2, 0) is 9.59 Å². The second-order valence-corrected chi connectivity index (χ2v) is 3.20. The number of hydrogen-bond acceptors (Lipinski definition) is 4. The van der Waals surface area contributed by atoms with Crippen LogP contribution in [0.25, 0.3) is 0 Å². The Morgan fingerprint density at radius 1 is 1.15 bits per heavy atom. The van der Waals surface area contributed by atoms with Crippen LogP contribution in [0.4, 0.5) is 0 Å². The van der Waals surface area contributed by atoms with E-state index >= 15 is 0 Å². The number of hydrogen-bond donors (Lipinski definition) is 4. The monoisotopic (exact) mass is 188 g/mol. The van der Waals surface area contributed by atoms with Crippen LogP contribution >= 0.6 is 0 Å². The Labute approximate surface area is 77.0 Å². The normalized spacial score (nSPS) is 10.3. The molecule has 0 aliphatic carbocycles. The Kier molecular flexibility index (Phi) is 5.01. The maximum Gasteiger partial charge on any atom is 0.246 e. The molecule has 6 nitrogen and oxygen atoms in total. The number of carbonyl (C=O) groups is 2. The van der Waals surface area contributed by atoms with Crippen molar-refractivity contribution in [2.45, 2.75) is 20.3 Å². The van der Waals surface area contributed by atoms with E-state index in [1.54, 1.807) is 0 Å². The Morgan fingerprint density at radius 3 is 1.77 bits per heavy atom. The van der Waals surface area contributed by atoms with Crippen LogP contribution in [0.2, 0.25) is 0 Å². The van der Waals surface area contributed by atoms with Gasteiger partial charge in [0.2, 0.25) is 11.8 Å². The fraction of sp³-hybridized carbons (Fsp3) is 0.714. The minimum Gasteiger partial charge on any atom is -0.294 e. The summed E-state index contributed by atoms with van der Waals surface area (Å²) in [5, 5.41) is 0. The van der Waals surface area contributed by atoms with Gasteiger partial charge in [-0.15, -0.1) is 0 Å². The smallest absolute Gasteiger partial charge is 0.246 e. The van der Waals surface area contributed by atoms with Crippen LogP contribution in [0.15, 0.2) is 0 Å². The van der Waals surface area contributed by atoms with Gasteiger partial charge in [-0.05, 0) is 12.3 Å². The zero-order valence-corrected chi connectivity index (χ0v) is 7.83. The second-order valence-electron chi connectivity index (χ2n) is 3.20. The first kappa shape index (κ1) is 11.9. The fourth-order valence-corrected chi connectivity index (χ4v) is 1.01. The molecule has 0 fully saturated rings. The van der Waals surface area contributed by atoms with Crippen LogP contribution in [0.5, 0.6) is 0 Å². The van der Waals surface area contributed by atoms with Crippen molar-refractivity contribution < 1.29 is 9.59 Å². The van der Waals surface area contributed by atoms with Gasteiger partial charge < -0.3 is 0 Å². The summed E-state index contributed by atoms with van der Waals surface area (Å²) in [4.78, 5) is 22.2. The molecule has 6 heteroatoms. The first-order valence-electron chi connectivity index (χ1n) is 4.03. The average molecular weight is 188 g/mol. The molecule has 2 amide bonds. The fourth-order valence-electron chi connectivity index (χ4n) is 1.01. The van der Waals surface area contributed by atoms with E-state index in [9.17, 15) is 9.59 Å². The number of amides is 2. The number of carbonyl (C=O) groups excluding carboxylic acids is 2. The van der Waals surface area contributed by atoms with Gasteiger partial charge in [0.25, 0.3) is 0 Å². The highest BCUT2D eigenvalue weighted by molar-refractivity contribution is 5.99. The van der Waals surface area contributed by atoms with Gasteiger partial charge in [0.05, 0.1) is 0 Å². The van der Waals surface area contributed by atoms with Gasteiger partial charge in [0, 0.05) is 0 Å². The molecule has 0 bridgehead atoms. The standard InChI is InChI=1S/C7H16N4O2/c1-4(2)3-5(6(12)10-8)7(13)11-9/h4-5H,3,8-9H2,1-2H3,(H,10,12)(H,11,13). The van der Waals surface area contributed by atoms with E-state index in [-0.39, 0.29) is 5.92 Å². The van der Waals surface area contributed by atoms with Crippen molar-refractivity contribution in [3.8, 4) is 0 Å². The lowest BCUT2D eigenvalue weighted by Crippen LogP contribution is -2.46. The molecule has 0 saturated heterocycles. The number of nitrogens with one attached hydrogen (secondary N) is 2. The van der Waals surface area contributed by atoms with Gasteiger partial charge in [0.15, 0.2) is 0 Å². The zero-order chi connectivity index (χ0) is 10.4. The van der Waals surface area contributed by atoms with Crippen molar-refractivity contribution in [3.05, 3.63) is 0 Å². The van der Waals surface area contributed by atoms with Crippen molar-refractivity contribution in [1.29, 1.82) is 0 Å². The molecule has 0 saturated carbocycles. The van der Waals surface area contributed by atoms with Crippen molar-refractivity contribution in [1.82, 2.24) is 10.9 Å². The van der Waals surface area contributed by atoms with Gasteiger partial charge in [-0.2, -0.15) is 0 Å². The highest BCUT2D eigenvalue weighted by Crippen LogP contribution is 2.11. The van der Waals surface area contributed by atoms with Gasteiger partial charge in [0.1, 0.15) is 5.92 Å². The summed E-state index contributed by atoms with van der Waals surface area (Å²) in [5.41, 5.74) is 3.86.